The van der Waals surface area contributed by atoms with Gasteiger partial charge in [-0.05, 0) is 76.4 Å². The number of anilines is 1. The lowest BCUT2D eigenvalue weighted by Crippen LogP contribution is -2.39. The van der Waals surface area contributed by atoms with Crippen molar-refractivity contribution in [3.8, 4) is 0 Å². The van der Waals surface area contributed by atoms with Gasteiger partial charge in [0.2, 0.25) is 0 Å². The number of likely N-dealkylation sites (tertiary alicyclic amines) is 1. The molecule has 1 aromatic carbocycles. The SMILES string of the molecule is CCCN1CCC(C(C)Nc2ccc(C)cc2Cl)CC1. The van der Waals surface area contributed by atoms with Gasteiger partial charge in [-0.2, -0.15) is 0 Å². The topological polar surface area (TPSA) is 15.3 Å². The molecule has 2 nitrogen and oxygen atoms in total. The maximum Gasteiger partial charge on any atom is 0.0640 e. The molecule has 3 heteroatoms. The number of halogens is 1. The minimum absolute atomic E-state index is 0.485. The second-order valence-corrected chi connectivity index (χ2v) is 6.50. The summed E-state index contributed by atoms with van der Waals surface area (Å²) >= 11 is 6.31. The molecule has 1 saturated heterocycles. The van der Waals surface area contributed by atoms with Crippen molar-refractivity contribution in [1.82, 2.24) is 4.90 Å². The van der Waals surface area contributed by atoms with Crippen LogP contribution in [0.25, 0.3) is 0 Å². The van der Waals surface area contributed by atoms with Gasteiger partial charge in [-0.15, -0.1) is 0 Å². The smallest absolute Gasteiger partial charge is 0.0640 e. The van der Waals surface area contributed by atoms with Crippen molar-refractivity contribution in [3.05, 3.63) is 28.8 Å². The van der Waals surface area contributed by atoms with E-state index in [1.165, 1.54) is 44.5 Å². The van der Waals surface area contributed by atoms with E-state index in [1.54, 1.807) is 0 Å². The first-order chi connectivity index (χ1) is 9.60. The average molecular weight is 295 g/mol. The maximum absolute atomic E-state index is 6.31. The van der Waals surface area contributed by atoms with Crippen LogP contribution in [0, 0.1) is 12.8 Å². The largest absolute Gasteiger partial charge is 0.381 e. The molecule has 0 spiro atoms. The number of hydrogen-bond donors (Lipinski definition) is 1. The molecule has 1 fully saturated rings. The van der Waals surface area contributed by atoms with E-state index in [4.69, 9.17) is 11.6 Å². The van der Waals surface area contributed by atoms with Gasteiger partial charge in [0, 0.05) is 6.04 Å². The lowest BCUT2D eigenvalue weighted by atomic mass is 9.90. The van der Waals surface area contributed by atoms with Gasteiger partial charge >= 0.3 is 0 Å². The van der Waals surface area contributed by atoms with Crippen LogP contribution in [0.5, 0.6) is 0 Å². The summed E-state index contributed by atoms with van der Waals surface area (Å²) in [5.74, 6) is 0.750. The molecule has 0 saturated carbocycles. The van der Waals surface area contributed by atoms with Crippen LogP contribution in [0.2, 0.25) is 5.02 Å². The van der Waals surface area contributed by atoms with E-state index in [-0.39, 0.29) is 0 Å². The van der Waals surface area contributed by atoms with Crippen LogP contribution in [0.1, 0.15) is 38.7 Å². The van der Waals surface area contributed by atoms with Crippen molar-refractivity contribution >= 4 is 17.3 Å². The Bertz CT molecular complexity index is 425. The second kappa shape index (κ2) is 7.33. The van der Waals surface area contributed by atoms with E-state index in [1.807, 2.05) is 6.07 Å². The number of nitrogens with one attached hydrogen (secondary N) is 1. The van der Waals surface area contributed by atoms with Crippen molar-refractivity contribution in [1.29, 1.82) is 0 Å². The summed E-state index contributed by atoms with van der Waals surface area (Å²) in [6.45, 7) is 10.4. The van der Waals surface area contributed by atoms with Crippen LogP contribution in [0.3, 0.4) is 0 Å². The highest BCUT2D eigenvalue weighted by Crippen LogP contribution is 2.27. The van der Waals surface area contributed by atoms with E-state index >= 15 is 0 Å². The van der Waals surface area contributed by atoms with Gasteiger partial charge in [0.05, 0.1) is 10.7 Å². The normalized spacial score (nSPS) is 19.0. The fourth-order valence-electron chi connectivity index (χ4n) is 3.09. The van der Waals surface area contributed by atoms with Crippen molar-refractivity contribution < 1.29 is 0 Å². The highest BCUT2D eigenvalue weighted by Gasteiger charge is 2.23. The summed E-state index contributed by atoms with van der Waals surface area (Å²) in [7, 11) is 0. The first-order valence-electron chi connectivity index (χ1n) is 7.85. The van der Waals surface area contributed by atoms with Crippen LogP contribution >= 0.6 is 11.6 Å². The van der Waals surface area contributed by atoms with Gasteiger partial charge in [-0.3, -0.25) is 0 Å². The van der Waals surface area contributed by atoms with E-state index in [9.17, 15) is 0 Å². The molecule has 1 aromatic rings. The molecule has 1 aliphatic rings. The predicted molar refractivity (Wildman–Crippen MR) is 88.7 cm³/mol. The van der Waals surface area contributed by atoms with E-state index < -0.39 is 0 Å². The molecule has 1 N–H and O–H groups in total. The maximum atomic E-state index is 6.31. The molecule has 1 unspecified atom stereocenters. The summed E-state index contributed by atoms with van der Waals surface area (Å²) in [4.78, 5) is 2.59. The summed E-state index contributed by atoms with van der Waals surface area (Å²) in [6.07, 6.45) is 3.84. The summed E-state index contributed by atoms with van der Waals surface area (Å²) in [5.41, 5.74) is 2.28. The fourth-order valence-corrected chi connectivity index (χ4v) is 3.38. The number of aryl methyl sites for hydroxylation is 1. The van der Waals surface area contributed by atoms with E-state index in [0.29, 0.717) is 6.04 Å². The standard InChI is InChI=1S/C17H27ClN2/c1-4-9-20-10-7-15(8-11-20)14(3)19-17-6-5-13(2)12-16(17)18/h5-6,12,14-15,19H,4,7-11H2,1-3H3. The molecule has 112 valence electrons. The molecule has 1 heterocycles. The van der Waals surface area contributed by atoms with Gasteiger partial charge in [0.1, 0.15) is 0 Å². The highest BCUT2D eigenvalue weighted by molar-refractivity contribution is 6.33. The Balaban J connectivity index is 1.87. The zero-order valence-corrected chi connectivity index (χ0v) is 13.7. The van der Waals surface area contributed by atoms with E-state index in [2.05, 4.69) is 43.1 Å². The predicted octanol–water partition coefficient (Wildman–Crippen LogP) is 4.57. The zero-order valence-electron chi connectivity index (χ0n) is 13.0. The molecule has 1 aliphatic heterocycles. The first kappa shape index (κ1) is 15.7. The third-order valence-electron chi connectivity index (χ3n) is 4.39. The fraction of sp³-hybridized carbons (Fsp3) is 0.647. The van der Waals surface area contributed by atoms with Crippen molar-refractivity contribution in [2.75, 3.05) is 25.0 Å². The summed E-state index contributed by atoms with van der Waals surface area (Å²) in [6, 6.07) is 6.73. The Morgan fingerprint density at radius 2 is 2.05 bits per heavy atom. The van der Waals surface area contributed by atoms with Crippen LogP contribution < -0.4 is 5.32 Å². The molecule has 0 aromatic heterocycles. The van der Waals surface area contributed by atoms with Crippen LogP contribution in [-0.2, 0) is 0 Å². The van der Waals surface area contributed by atoms with Gasteiger partial charge < -0.3 is 10.2 Å². The molecule has 0 amide bonds. The van der Waals surface area contributed by atoms with Crippen LogP contribution in [0.4, 0.5) is 5.69 Å². The molecule has 0 radical (unpaired) electrons. The number of hydrogen-bond acceptors (Lipinski definition) is 2. The second-order valence-electron chi connectivity index (χ2n) is 6.10. The summed E-state index contributed by atoms with van der Waals surface area (Å²) < 4.78 is 0. The van der Waals surface area contributed by atoms with E-state index in [0.717, 1.165) is 16.6 Å². The van der Waals surface area contributed by atoms with Crippen molar-refractivity contribution in [2.24, 2.45) is 5.92 Å². The zero-order chi connectivity index (χ0) is 14.5. The lowest BCUT2D eigenvalue weighted by Gasteiger charge is -2.35. The first-order valence-corrected chi connectivity index (χ1v) is 8.23. The lowest BCUT2D eigenvalue weighted by molar-refractivity contribution is 0.176. The quantitative estimate of drug-likeness (QED) is 0.856. The monoisotopic (exact) mass is 294 g/mol. The number of nitrogens with zero attached hydrogens (tertiary/aromatic N) is 1. The molecule has 0 bridgehead atoms. The Labute approximate surface area is 128 Å². The van der Waals surface area contributed by atoms with Gasteiger partial charge in [0.15, 0.2) is 0 Å². The number of piperidine rings is 1. The third kappa shape index (κ3) is 4.13. The molecule has 2 rings (SSSR count). The minimum atomic E-state index is 0.485. The van der Waals surface area contributed by atoms with Crippen LogP contribution in [-0.4, -0.2) is 30.6 Å². The van der Waals surface area contributed by atoms with Gasteiger partial charge in [-0.1, -0.05) is 24.6 Å². The Morgan fingerprint density at radius 3 is 2.65 bits per heavy atom. The molecule has 1 atom stereocenters. The van der Waals surface area contributed by atoms with Crippen molar-refractivity contribution in [2.45, 2.75) is 46.1 Å². The average Bonchev–Trinajstić information content (AvgIpc) is 2.43. The molecular formula is C17H27ClN2. The molecule has 0 aliphatic carbocycles. The summed E-state index contributed by atoms with van der Waals surface area (Å²) in [5, 5.41) is 4.44. The number of benzene rings is 1. The Morgan fingerprint density at radius 1 is 1.35 bits per heavy atom. The van der Waals surface area contributed by atoms with Crippen LogP contribution in [0.15, 0.2) is 18.2 Å². The molecule has 20 heavy (non-hydrogen) atoms. The van der Waals surface area contributed by atoms with Crippen molar-refractivity contribution in [3.63, 3.8) is 0 Å². The van der Waals surface area contributed by atoms with Gasteiger partial charge in [-0.25, -0.2) is 0 Å². The van der Waals surface area contributed by atoms with Gasteiger partial charge in [0.25, 0.3) is 0 Å². The Kier molecular flexibility index (Phi) is 5.74. The number of rotatable bonds is 5. The highest BCUT2D eigenvalue weighted by atomic mass is 35.5. The third-order valence-corrected chi connectivity index (χ3v) is 4.70. The minimum Gasteiger partial charge on any atom is -0.381 e. The molecular weight excluding hydrogens is 268 g/mol. The Hall–Kier alpha value is -0.730.